The molecule has 31 heavy (non-hydrogen) atoms. The molecule has 1 amide bonds. The smallest absolute Gasteiger partial charge is 0.442 e. The molecule has 1 heterocycles. The molecular weight excluding hydrogens is 435 g/mol. The average molecular weight is 453 g/mol. The van der Waals surface area contributed by atoms with Crippen molar-refractivity contribution in [3.8, 4) is 5.75 Å². The molecule has 164 valence electrons. The highest BCUT2D eigenvalue weighted by Gasteiger charge is 2.64. The predicted octanol–water partition coefficient (Wildman–Crippen LogP) is 3.89. The lowest BCUT2D eigenvalue weighted by molar-refractivity contribution is -0.203. The Balaban J connectivity index is 2.03. The van der Waals surface area contributed by atoms with Gasteiger partial charge in [0, 0.05) is 5.56 Å². The minimum absolute atomic E-state index is 0.111. The number of thiazole rings is 1. The van der Waals surface area contributed by atoms with Gasteiger partial charge in [0.05, 0.1) is 24.4 Å². The van der Waals surface area contributed by atoms with Crippen molar-refractivity contribution < 1.29 is 32.2 Å². The van der Waals surface area contributed by atoms with Gasteiger partial charge in [-0.15, -0.1) is 0 Å². The van der Waals surface area contributed by atoms with Gasteiger partial charge in [0.2, 0.25) is 0 Å². The van der Waals surface area contributed by atoms with Crippen LogP contribution in [0.25, 0.3) is 10.2 Å². The molecule has 0 bridgehead atoms. The molecule has 0 aliphatic carbocycles. The molecule has 11 heteroatoms. The first-order chi connectivity index (χ1) is 14.6. The Morgan fingerprint density at radius 2 is 1.74 bits per heavy atom. The number of amides is 1. The van der Waals surface area contributed by atoms with Crippen molar-refractivity contribution in [2.75, 3.05) is 19.5 Å². The Kier molecular flexibility index (Phi) is 6.07. The number of nitrogens with zero attached hydrogens (tertiary/aromatic N) is 1. The second kappa shape index (κ2) is 8.42. The first kappa shape index (κ1) is 22.3. The number of carbonyl (C=O) groups excluding carboxylic acids is 2. The molecule has 0 fully saturated rings. The lowest BCUT2D eigenvalue weighted by atomic mass is 10.1. The van der Waals surface area contributed by atoms with Gasteiger partial charge in [-0.25, -0.2) is 9.78 Å². The van der Waals surface area contributed by atoms with E-state index in [2.05, 4.69) is 15.0 Å². The number of para-hydroxylation sites is 1. The van der Waals surface area contributed by atoms with Gasteiger partial charge in [-0.3, -0.25) is 4.79 Å². The number of esters is 1. The van der Waals surface area contributed by atoms with Gasteiger partial charge >= 0.3 is 17.8 Å². The molecule has 2 N–H and O–H groups in total. The summed E-state index contributed by atoms with van der Waals surface area (Å²) in [6, 6.07) is 10.5. The maximum Gasteiger partial charge on any atom is 0.442 e. The summed E-state index contributed by atoms with van der Waals surface area (Å²) >= 11 is 0.912. The minimum Gasteiger partial charge on any atom is -0.497 e. The Bertz CT molecular complexity index is 1120. The summed E-state index contributed by atoms with van der Waals surface area (Å²) in [5, 5.41) is 3.63. The number of nitrogens with one attached hydrogen (secondary N) is 2. The molecule has 0 unspecified atom stereocenters. The molecule has 0 spiro atoms. The number of methoxy groups -OCH3 is 2. The fourth-order valence-electron chi connectivity index (χ4n) is 2.83. The summed E-state index contributed by atoms with van der Waals surface area (Å²) in [5.74, 6) is -2.47. The van der Waals surface area contributed by atoms with Crippen molar-refractivity contribution in [3.05, 3.63) is 53.6 Å². The van der Waals surface area contributed by atoms with E-state index in [1.165, 1.54) is 31.4 Å². The normalized spacial score (nSPS) is 13.4. The summed E-state index contributed by atoms with van der Waals surface area (Å²) in [6.07, 6.45) is -5.25. The van der Waals surface area contributed by atoms with Crippen LogP contribution in [0.1, 0.15) is 15.9 Å². The SMILES string of the molecule is COC(=O)[C@](NC(=O)c1ccc(OC)cc1)(Nc1nc2c(C)cccc2s1)C(F)(F)F. The first-order valence-electron chi connectivity index (χ1n) is 8.87. The van der Waals surface area contributed by atoms with E-state index in [0.29, 0.717) is 16.0 Å². The van der Waals surface area contributed by atoms with Crippen LogP contribution >= 0.6 is 11.3 Å². The van der Waals surface area contributed by atoms with E-state index in [1.807, 2.05) is 0 Å². The van der Waals surface area contributed by atoms with E-state index in [-0.39, 0.29) is 10.7 Å². The van der Waals surface area contributed by atoms with Gasteiger partial charge in [0.1, 0.15) is 5.75 Å². The minimum atomic E-state index is -5.25. The standard InChI is InChI=1S/C20H18F3N3O4S/c1-11-5-4-6-14-15(11)24-18(31-14)26-19(17(28)30-3,20(21,22)23)25-16(27)12-7-9-13(29-2)10-8-12/h4-10H,1-3H3,(H,24,26)(H,25,27)/t19-/m0/s1. The van der Waals surface area contributed by atoms with Crippen LogP contribution in [0, 0.1) is 6.92 Å². The molecule has 7 nitrogen and oxygen atoms in total. The maximum atomic E-state index is 14.2. The molecule has 0 saturated heterocycles. The maximum absolute atomic E-state index is 14.2. The van der Waals surface area contributed by atoms with Crippen LogP contribution in [0.4, 0.5) is 18.3 Å². The number of aromatic nitrogens is 1. The number of aryl methyl sites for hydroxylation is 1. The first-order valence-corrected chi connectivity index (χ1v) is 9.69. The molecule has 0 radical (unpaired) electrons. The Morgan fingerprint density at radius 1 is 1.06 bits per heavy atom. The zero-order valence-corrected chi connectivity index (χ0v) is 17.5. The summed E-state index contributed by atoms with van der Waals surface area (Å²) in [4.78, 5) is 29.2. The molecular formula is C20H18F3N3O4S. The third-order valence-electron chi connectivity index (χ3n) is 4.49. The summed E-state index contributed by atoms with van der Waals surface area (Å²) in [5.41, 5.74) is -2.43. The molecule has 0 aliphatic heterocycles. The number of ether oxygens (including phenoxy) is 2. The zero-order chi connectivity index (χ0) is 22.8. The number of anilines is 1. The average Bonchev–Trinajstić information content (AvgIpc) is 3.15. The van der Waals surface area contributed by atoms with Gasteiger partial charge in [0.25, 0.3) is 5.91 Å². The summed E-state index contributed by atoms with van der Waals surface area (Å²) < 4.78 is 52.6. The highest BCUT2D eigenvalue weighted by molar-refractivity contribution is 7.22. The predicted molar refractivity (Wildman–Crippen MR) is 109 cm³/mol. The molecule has 1 atom stereocenters. The monoisotopic (exact) mass is 453 g/mol. The lowest BCUT2D eigenvalue weighted by Gasteiger charge is -2.34. The highest BCUT2D eigenvalue weighted by Crippen LogP contribution is 2.36. The van der Waals surface area contributed by atoms with Crippen LogP contribution in [0.3, 0.4) is 0 Å². The number of fused-ring (bicyclic) bond motifs is 1. The number of halogens is 3. The van der Waals surface area contributed by atoms with E-state index in [0.717, 1.165) is 24.0 Å². The van der Waals surface area contributed by atoms with Gasteiger partial charge < -0.3 is 20.1 Å². The third kappa shape index (κ3) is 4.26. The van der Waals surface area contributed by atoms with Crippen LogP contribution in [0.2, 0.25) is 0 Å². The summed E-state index contributed by atoms with van der Waals surface area (Å²) in [7, 11) is 2.21. The van der Waals surface area contributed by atoms with E-state index < -0.39 is 23.7 Å². The molecule has 1 aromatic heterocycles. The van der Waals surface area contributed by atoms with E-state index in [9.17, 15) is 22.8 Å². The number of rotatable bonds is 6. The quantitative estimate of drug-likeness (QED) is 0.435. The molecule has 0 aliphatic rings. The summed E-state index contributed by atoms with van der Waals surface area (Å²) in [6.45, 7) is 1.76. The molecule has 0 saturated carbocycles. The molecule has 3 aromatic rings. The largest absolute Gasteiger partial charge is 0.497 e. The van der Waals surface area contributed by atoms with Gasteiger partial charge in [-0.2, -0.15) is 13.2 Å². The van der Waals surface area contributed by atoms with Gasteiger partial charge in [0.15, 0.2) is 5.13 Å². The third-order valence-corrected chi connectivity index (χ3v) is 5.42. The van der Waals surface area contributed by atoms with Crippen molar-refractivity contribution in [2.45, 2.75) is 18.8 Å². The lowest BCUT2D eigenvalue weighted by Crippen LogP contribution is -2.69. The van der Waals surface area contributed by atoms with E-state index in [1.54, 1.807) is 30.4 Å². The number of hydrogen-bond acceptors (Lipinski definition) is 7. The van der Waals surface area contributed by atoms with E-state index in [4.69, 9.17) is 4.74 Å². The molecule has 2 aromatic carbocycles. The van der Waals surface area contributed by atoms with Crippen LogP contribution in [-0.2, 0) is 9.53 Å². The topological polar surface area (TPSA) is 89.5 Å². The molecule has 3 rings (SSSR count). The van der Waals surface area contributed by atoms with Crippen molar-refractivity contribution in [1.29, 1.82) is 0 Å². The fourth-order valence-corrected chi connectivity index (χ4v) is 3.83. The number of benzene rings is 2. The van der Waals surface area contributed by atoms with Crippen LogP contribution in [0.5, 0.6) is 5.75 Å². The van der Waals surface area contributed by atoms with Crippen molar-refractivity contribution in [3.63, 3.8) is 0 Å². The van der Waals surface area contributed by atoms with Gasteiger partial charge in [-0.05, 0) is 42.8 Å². The van der Waals surface area contributed by atoms with Crippen molar-refractivity contribution in [2.24, 2.45) is 0 Å². The highest BCUT2D eigenvalue weighted by atomic mass is 32.1. The Hall–Kier alpha value is -3.34. The number of hydrogen-bond donors (Lipinski definition) is 2. The van der Waals surface area contributed by atoms with Crippen LogP contribution in [-0.4, -0.2) is 42.9 Å². The van der Waals surface area contributed by atoms with Crippen LogP contribution < -0.4 is 15.4 Å². The fraction of sp³-hybridized carbons (Fsp3) is 0.250. The number of alkyl halides is 3. The zero-order valence-electron chi connectivity index (χ0n) is 16.7. The van der Waals surface area contributed by atoms with Crippen molar-refractivity contribution in [1.82, 2.24) is 10.3 Å². The second-order valence-corrected chi connectivity index (χ2v) is 7.52. The Morgan fingerprint density at radius 3 is 2.29 bits per heavy atom. The van der Waals surface area contributed by atoms with Gasteiger partial charge in [-0.1, -0.05) is 23.5 Å². The number of carbonyl (C=O) groups is 2. The van der Waals surface area contributed by atoms with E-state index >= 15 is 0 Å². The van der Waals surface area contributed by atoms with Crippen LogP contribution in [0.15, 0.2) is 42.5 Å². The Labute approximate surface area is 179 Å². The second-order valence-electron chi connectivity index (χ2n) is 6.49. The van der Waals surface area contributed by atoms with Crippen molar-refractivity contribution >= 4 is 38.6 Å².